The van der Waals surface area contributed by atoms with E-state index < -0.39 is 0 Å². The highest BCUT2D eigenvalue weighted by molar-refractivity contribution is 6.03. The van der Waals surface area contributed by atoms with Crippen LogP contribution in [0.15, 0.2) is 30.6 Å². The predicted molar refractivity (Wildman–Crippen MR) is 131 cm³/mol. The zero-order chi connectivity index (χ0) is 22.4. The highest BCUT2D eigenvalue weighted by Crippen LogP contribution is 2.39. The number of nitrogens with one attached hydrogen (secondary N) is 3. The standard InChI is InChI=1S/C26H32N6O/c1-17-6-4-9-21-22(17)31-24(30-21)19-14-27-15-20(25(33)29-18-7-2-3-8-18)23(19)32-13-11-26(16-32)10-5-12-28-26/h4,6,9,14-15,18,28H,2-3,5,7-8,10-13,16H2,1H3,(H,29,33)(H,30,31). The largest absolute Gasteiger partial charge is 0.368 e. The van der Waals surface area contributed by atoms with Crippen molar-refractivity contribution < 1.29 is 4.79 Å². The molecule has 4 heterocycles. The topological polar surface area (TPSA) is 85.9 Å². The molecule has 1 atom stereocenters. The van der Waals surface area contributed by atoms with Crippen molar-refractivity contribution in [1.29, 1.82) is 0 Å². The first-order valence-electron chi connectivity index (χ1n) is 12.4. The Balaban J connectivity index is 1.44. The molecule has 3 N–H and O–H groups in total. The molecule has 33 heavy (non-hydrogen) atoms. The van der Waals surface area contributed by atoms with Crippen LogP contribution in [-0.4, -0.2) is 52.1 Å². The number of aryl methyl sites for hydroxylation is 1. The normalized spacial score (nSPS) is 23.2. The van der Waals surface area contributed by atoms with E-state index in [0.717, 1.165) is 72.6 Å². The molecule has 0 bridgehead atoms. The number of amides is 1. The number of aromatic amines is 1. The third-order valence-electron chi connectivity index (χ3n) is 7.82. The summed E-state index contributed by atoms with van der Waals surface area (Å²) < 4.78 is 0. The quantitative estimate of drug-likeness (QED) is 0.568. The van der Waals surface area contributed by atoms with Crippen molar-refractivity contribution in [1.82, 2.24) is 25.6 Å². The number of fused-ring (bicyclic) bond motifs is 1. The van der Waals surface area contributed by atoms with E-state index in [4.69, 9.17) is 4.98 Å². The van der Waals surface area contributed by atoms with Gasteiger partial charge >= 0.3 is 0 Å². The van der Waals surface area contributed by atoms with E-state index >= 15 is 0 Å². The monoisotopic (exact) mass is 444 g/mol. The van der Waals surface area contributed by atoms with Crippen molar-refractivity contribution in [2.75, 3.05) is 24.5 Å². The average molecular weight is 445 g/mol. The maximum absolute atomic E-state index is 13.5. The van der Waals surface area contributed by atoms with Crippen LogP contribution in [0, 0.1) is 6.92 Å². The molecule has 0 radical (unpaired) electrons. The summed E-state index contributed by atoms with van der Waals surface area (Å²) in [6.07, 6.45) is 11.6. The molecule has 1 aromatic carbocycles. The van der Waals surface area contributed by atoms with Crippen LogP contribution in [0.4, 0.5) is 5.69 Å². The molecule has 3 aromatic rings. The molecule has 7 heteroatoms. The SMILES string of the molecule is Cc1cccc2[nH]c(-c3cncc(C(=O)NC4CCCC4)c3N3CCC4(CCCN4)C3)nc12. The molecular weight excluding hydrogens is 412 g/mol. The van der Waals surface area contributed by atoms with Gasteiger partial charge in [-0.25, -0.2) is 4.98 Å². The molecular formula is C26H32N6O. The van der Waals surface area contributed by atoms with Gasteiger partial charge in [-0.1, -0.05) is 25.0 Å². The summed E-state index contributed by atoms with van der Waals surface area (Å²) in [5.74, 6) is 0.761. The number of para-hydroxylation sites is 1. The molecule has 1 unspecified atom stereocenters. The fraction of sp³-hybridized carbons (Fsp3) is 0.500. The third kappa shape index (κ3) is 3.68. The van der Waals surface area contributed by atoms with E-state index in [1.165, 1.54) is 25.7 Å². The van der Waals surface area contributed by atoms with Crippen LogP contribution in [0.1, 0.15) is 60.9 Å². The Morgan fingerprint density at radius 3 is 2.85 bits per heavy atom. The van der Waals surface area contributed by atoms with Crippen LogP contribution < -0.4 is 15.5 Å². The number of H-pyrrole nitrogens is 1. The van der Waals surface area contributed by atoms with E-state index in [9.17, 15) is 4.79 Å². The van der Waals surface area contributed by atoms with Gasteiger partial charge in [-0.05, 0) is 57.2 Å². The maximum Gasteiger partial charge on any atom is 0.255 e. The van der Waals surface area contributed by atoms with Crippen molar-refractivity contribution in [3.63, 3.8) is 0 Å². The fourth-order valence-electron chi connectivity index (χ4n) is 6.05. The van der Waals surface area contributed by atoms with Crippen LogP contribution >= 0.6 is 0 Å². The Bertz CT molecular complexity index is 1190. The van der Waals surface area contributed by atoms with Crippen LogP contribution in [0.5, 0.6) is 0 Å². The van der Waals surface area contributed by atoms with Gasteiger partial charge in [0.25, 0.3) is 5.91 Å². The second kappa shape index (κ2) is 8.13. The summed E-state index contributed by atoms with van der Waals surface area (Å²) in [6.45, 7) is 4.99. The lowest BCUT2D eigenvalue weighted by Crippen LogP contribution is -2.42. The number of carbonyl (C=O) groups excluding carboxylic acids is 1. The molecule has 6 rings (SSSR count). The number of nitrogens with zero attached hydrogens (tertiary/aromatic N) is 3. The Hall–Kier alpha value is -2.93. The summed E-state index contributed by atoms with van der Waals surface area (Å²) in [7, 11) is 0. The van der Waals surface area contributed by atoms with Crippen molar-refractivity contribution in [3.8, 4) is 11.4 Å². The van der Waals surface area contributed by atoms with Gasteiger partial charge < -0.3 is 20.5 Å². The summed E-state index contributed by atoms with van der Waals surface area (Å²) in [4.78, 5) is 28.8. The third-order valence-corrected chi connectivity index (χ3v) is 7.82. The second-order valence-corrected chi connectivity index (χ2v) is 10.1. The molecule has 1 amide bonds. The molecule has 3 aliphatic rings. The molecule has 1 spiro atoms. The minimum atomic E-state index is -0.0149. The fourth-order valence-corrected chi connectivity index (χ4v) is 6.05. The Labute approximate surface area is 194 Å². The summed E-state index contributed by atoms with van der Waals surface area (Å²) in [5, 5.41) is 7.03. The van der Waals surface area contributed by atoms with Gasteiger partial charge in [0, 0.05) is 37.1 Å². The first-order valence-corrected chi connectivity index (χ1v) is 12.4. The highest BCUT2D eigenvalue weighted by Gasteiger charge is 2.41. The summed E-state index contributed by atoms with van der Waals surface area (Å²) in [6, 6.07) is 6.44. The molecule has 7 nitrogen and oxygen atoms in total. The van der Waals surface area contributed by atoms with E-state index in [-0.39, 0.29) is 17.5 Å². The number of benzene rings is 1. The number of aromatic nitrogens is 3. The number of pyridine rings is 1. The zero-order valence-corrected chi connectivity index (χ0v) is 19.3. The lowest BCUT2D eigenvalue weighted by molar-refractivity contribution is 0.0938. The molecule has 1 saturated carbocycles. The van der Waals surface area contributed by atoms with E-state index in [0.29, 0.717) is 5.56 Å². The van der Waals surface area contributed by atoms with Gasteiger partial charge in [-0.2, -0.15) is 0 Å². The van der Waals surface area contributed by atoms with E-state index in [1.54, 1.807) is 6.20 Å². The molecule has 2 aliphatic heterocycles. The van der Waals surface area contributed by atoms with Gasteiger partial charge in [0.2, 0.25) is 0 Å². The first-order chi connectivity index (χ1) is 16.1. The molecule has 3 fully saturated rings. The van der Waals surface area contributed by atoms with Gasteiger partial charge in [-0.3, -0.25) is 9.78 Å². The van der Waals surface area contributed by atoms with E-state index in [1.807, 2.05) is 12.3 Å². The van der Waals surface area contributed by atoms with Crippen molar-refractivity contribution in [3.05, 3.63) is 41.7 Å². The molecule has 172 valence electrons. The maximum atomic E-state index is 13.5. The van der Waals surface area contributed by atoms with E-state index in [2.05, 4.69) is 44.6 Å². The number of carbonyl (C=O) groups is 1. The number of hydrogen-bond acceptors (Lipinski definition) is 5. The van der Waals surface area contributed by atoms with Crippen LogP contribution in [0.25, 0.3) is 22.4 Å². The lowest BCUT2D eigenvalue weighted by Gasteiger charge is -2.28. The zero-order valence-electron chi connectivity index (χ0n) is 19.3. The minimum absolute atomic E-state index is 0.0149. The second-order valence-electron chi connectivity index (χ2n) is 10.1. The molecule has 1 aliphatic carbocycles. The Morgan fingerprint density at radius 2 is 2.06 bits per heavy atom. The Kier molecular flexibility index (Phi) is 5.09. The smallest absolute Gasteiger partial charge is 0.255 e. The van der Waals surface area contributed by atoms with Crippen molar-refractivity contribution in [2.24, 2.45) is 0 Å². The van der Waals surface area contributed by atoms with Gasteiger partial charge in [0.1, 0.15) is 5.82 Å². The average Bonchev–Trinajstić information content (AvgIpc) is 3.62. The number of rotatable bonds is 4. The van der Waals surface area contributed by atoms with Crippen LogP contribution in [0.3, 0.4) is 0 Å². The van der Waals surface area contributed by atoms with Crippen LogP contribution in [-0.2, 0) is 0 Å². The predicted octanol–water partition coefficient (Wildman–Crippen LogP) is 3.94. The summed E-state index contributed by atoms with van der Waals surface area (Å²) in [5.41, 5.74) is 5.79. The minimum Gasteiger partial charge on any atom is -0.368 e. The van der Waals surface area contributed by atoms with Crippen molar-refractivity contribution >= 4 is 22.6 Å². The number of hydrogen-bond donors (Lipinski definition) is 3. The van der Waals surface area contributed by atoms with Crippen molar-refractivity contribution in [2.45, 2.75) is 63.5 Å². The summed E-state index contributed by atoms with van der Waals surface area (Å²) >= 11 is 0. The Morgan fingerprint density at radius 1 is 1.18 bits per heavy atom. The number of imidazole rings is 1. The van der Waals surface area contributed by atoms with Crippen LogP contribution in [0.2, 0.25) is 0 Å². The van der Waals surface area contributed by atoms with Gasteiger partial charge in [-0.15, -0.1) is 0 Å². The molecule has 2 aromatic heterocycles. The van der Waals surface area contributed by atoms with Gasteiger partial charge in [0.05, 0.1) is 27.8 Å². The number of anilines is 1. The highest BCUT2D eigenvalue weighted by atomic mass is 16.1. The van der Waals surface area contributed by atoms with Gasteiger partial charge in [0.15, 0.2) is 0 Å². The lowest BCUT2D eigenvalue weighted by atomic mass is 9.97. The molecule has 2 saturated heterocycles. The first kappa shape index (κ1) is 20.7.